The predicted molar refractivity (Wildman–Crippen MR) is 84.0 cm³/mol. The second-order valence-corrected chi connectivity index (χ2v) is 5.00. The summed E-state index contributed by atoms with van der Waals surface area (Å²) < 4.78 is 12.9. The Morgan fingerprint density at radius 1 is 1.13 bits per heavy atom. The van der Waals surface area contributed by atoms with Gasteiger partial charge in [0.25, 0.3) is 0 Å². The van der Waals surface area contributed by atoms with E-state index in [-0.39, 0.29) is 12.4 Å². The minimum atomic E-state index is -0.580. The van der Waals surface area contributed by atoms with Gasteiger partial charge in [0.2, 0.25) is 5.91 Å². The number of benzene rings is 1. The SMILES string of the molecule is NC(=O)C(CNC(=O)Nc1ccncc1)Cc1ccc(F)cc1. The van der Waals surface area contributed by atoms with Crippen molar-refractivity contribution in [3.05, 3.63) is 60.2 Å². The molecule has 0 spiro atoms. The topological polar surface area (TPSA) is 97.1 Å². The van der Waals surface area contributed by atoms with E-state index in [2.05, 4.69) is 15.6 Å². The number of nitrogens with zero attached hydrogens (tertiary/aromatic N) is 1. The third kappa shape index (κ3) is 5.39. The van der Waals surface area contributed by atoms with Crippen LogP contribution in [0.15, 0.2) is 48.8 Å². The number of nitrogens with one attached hydrogen (secondary N) is 2. The minimum Gasteiger partial charge on any atom is -0.369 e. The number of pyridine rings is 1. The van der Waals surface area contributed by atoms with Crippen LogP contribution in [0.3, 0.4) is 0 Å². The average Bonchev–Trinajstić information content (AvgIpc) is 2.54. The number of amides is 3. The van der Waals surface area contributed by atoms with Crippen LogP contribution in [0.5, 0.6) is 0 Å². The first-order valence-electron chi connectivity index (χ1n) is 7.03. The van der Waals surface area contributed by atoms with Gasteiger partial charge in [-0.15, -0.1) is 0 Å². The maximum atomic E-state index is 12.9. The van der Waals surface area contributed by atoms with E-state index in [9.17, 15) is 14.0 Å². The number of hydrogen-bond acceptors (Lipinski definition) is 3. The number of carbonyl (C=O) groups excluding carboxylic acids is 2. The van der Waals surface area contributed by atoms with Crippen LogP contribution in [0.25, 0.3) is 0 Å². The van der Waals surface area contributed by atoms with Crippen LogP contribution < -0.4 is 16.4 Å². The van der Waals surface area contributed by atoms with Gasteiger partial charge in [0.15, 0.2) is 0 Å². The van der Waals surface area contributed by atoms with Crippen molar-refractivity contribution in [1.29, 1.82) is 0 Å². The molecule has 1 unspecified atom stereocenters. The molecule has 1 aromatic carbocycles. The summed E-state index contributed by atoms with van der Waals surface area (Å²) in [5.74, 6) is -1.46. The lowest BCUT2D eigenvalue weighted by atomic mass is 9.98. The molecule has 0 aliphatic heterocycles. The fraction of sp³-hybridized carbons (Fsp3) is 0.188. The maximum absolute atomic E-state index is 12.9. The molecular weight excluding hydrogens is 299 g/mol. The number of aromatic nitrogens is 1. The summed E-state index contributed by atoms with van der Waals surface area (Å²) in [6, 6.07) is 8.65. The van der Waals surface area contributed by atoms with Crippen molar-refractivity contribution in [2.24, 2.45) is 11.7 Å². The Kier molecular flexibility index (Phi) is 5.62. The highest BCUT2D eigenvalue weighted by Gasteiger charge is 2.17. The lowest BCUT2D eigenvalue weighted by molar-refractivity contribution is -0.121. The molecule has 4 N–H and O–H groups in total. The van der Waals surface area contributed by atoms with E-state index in [1.54, 1.807) is 36.7 Å². The third-order valence-electron chi connectivity index (χ3n) is 3.24. The number of urea groups is 1. The van der Waals surface area contributed by atoms with Gasteiger partial charge in [0.05, 0.1) is 5.92 Å². The largest absolute Gasteiger partial charge is 0.369 e. The Morgan fingerprint density at radius 2 is 1.78 bits per heavy atom. The van der Waals surface area contributed by atoms with E-state index >= 15 is 0 Å². The van der Waals surface area contributed by atoms with Gasteiger partial charge in [-0.05, 0) is 36.2 Å². The summed E-state index contributed by atoms with van der Waals surface area (Å²) in [5, 5.41) is 5.21. The fourth-order valence-corrected chi connectivity index (χ4v) is 2.00. The van der Waals surface area contributed by atoms with Crippen LogP contribution in [0, 0.1) is 11.7 Å². The highest BCUT2D eigenvalue weighted by Crippen LogP contribution is 2.10. The van der Waals surface area contributed by atoms with Gasteiger partial charge >= 0.3 is 6.03 Å². The zero-order chi connectivity index (χ0) is 16.7. The van der Waals surface area contributed by atoms with Crippen LogP contribution in [0.4, 0.5) is 14.9 Å². The second kappa shape index (κ2) is 7.88. The molecule has 6 nitrogen and oxygen atoms in total. The first-order valence-corrected chi connectivity index (χ1v) is 7.03. The number of anilines is 1. The number of carbonyl (C=O) groups is 2. The predicted octanol–water partition coefficient (Wildman–Crippen LogP) is 1.69. The molecule has 0 saturated heterocycles. The number of nitrogens with two attached hydrogens (primary N) is 1. The molecule has 1 atom stereocenters. The van der Waals surface area contributed by atoms with E-state index < -0.39 is 17.9 Å². The molecule has 0 saturated carbocycles. The first-order chi connectivity index (χ1) is 11.0. The highest BCUT2D eigenvalue weighted by molar-refractivity contribution is 5.89. The van der Waals surface area contributed by atoms with E-state index in [0.29, 0.717) is 12.1 Å². The molecule has 0 fully saturated rings. The molecule has 0 radical (unpaired) electrons. The quantitative estimate of drug-likeness (QED) is 0.756. The minimum absolute atomic E-state index is 0.0869. The van der Waals surface area contributed by atoms with Crippen molar-refractivity contribution in [1.82, 2.24) is 10.3 Å². The smallest absolute Gasteiger partial charge is 0.319 e. The number of halogens is 1. The van der Waals surface area contributed by atoms with Crippen LogP contribution >= 0.6 is 0 Å². The summed E-state index contributed by atoms with van der Waals surface area (Å²) in [5.41, 5.74) is 6.72. The summed E-state index contributed by atoms with van der Waals surface area (Å²) in [4.78, 5) is 27.1. The van der Waals surface area contributed by atoms with E-state index in [1.807, 2.05) is 0 Å². The Balaban J connectivity index is 1.88. The molecular formula is C16H17FN4O2. The Morgan fingerprint density at radius 3 is 2.39 bits per heavy atom. The van der Waals surface area contributed by atoms with Gasteiger partial charge in [-0.2, -0.15) is 0 Å². The molecule has 1 heterocycles. The third-order valence-corrected chi connectivity index (χ3v) is 3.24. The molecule has 23 heavy (non-hydrogen) atoms. The van der Waals surface area contributed by atoms with E-state index in [0.717, 1.165) is 5.56 Å². The van der Waals surface area contributed by atoms with Crippen molar-refractivity contribution in [3.63, 3.8) is 0 Å². The summed E-state index contributed by atoms with van der Waals surface area (Å²) in [6.07, 6.45) is 3.43. The van der Waals surface area contributed by atoms with Crippen molar-refractivity contribution in [2.75, 3.05) is 11.9 Å². The van der Waals surface area contributed by atoms with Gasteiger partial charge in [-0.1, -0.05) is 12.1 Å². The van der Waals surface area contributed by atoms with Crippen molar-refractivity contribution < 1.29 is 14.0 Å². The Bertz CT molecular complexity index is 662. The van der Waals surface area contributed by atoms with Crippen LogP contribution in [0.2, 0.25) is 0 Å². The zero-order valence-electron chi connectivity index (χ0n) is 12.3. The second-order valence-electron chi connectivity index (χ2n) is 5.00. The van der Waals surface area contributed by atoms with Crippen LogP contribution in [-0.4, -0.2) is 23.5 Å². The molecule has 1 aromatic heterocycles. The van der Waals surface area contributed by atoms with Crippen molar-refractivity contribution in [2.45, 2.75) is 6.42 Å². The monoisotopic (exact) mass is 316 g/mol. The Hall–Kier alpha value is -2.96. The molecule has 0 aliphatic carbocycles. The number of rotatable bonds is 6. The highest BCUT2D eigenvalue weighted by atomic mass is 19.1. The van der Waals surface area contributed by atoms with Gasteiger partial charge in [-0.3, -0.25) is 9.78 Å². The normalized spacial score (nSPS) is 11.5. The molecule has 120 valence electrons. The van der Waals surface area contributed by atoms with Crippen LogP contribution in [-0.2, 0) is 11.2 Å². The Labute approximate surface area is 132 Å². The maximum Gasteiger partial charge on any atom is 0.319 e. The van der Waals surface area contributed by atoms with E-state index in [1.165, 1.54) is 12.1 Å². The summed E-state index contributed by atoms with van der Waals surface area (Å²) >= 11 is 0. The van der Waals surface area contributed by atoms with Gasteiger partial charge in [0.1, 0.15) is 5.82 Å². The molecule has 0 bridgehead atoms. The first kappa shape index (κ1) is 16.4. The average molecular weight is 316 g/mol. The van der Waals surface area contributed by atoms with Gasteiger partial charge in [-0.25, -0.2) is 9.18 Å². The lowest BCUT2D eigenvalue weighted by Gasteiger charge is -2.15. The van der Waals surface area contributed by atoms with Crippen LogP contribution in [0.1, 0.15) is 5.56 Å². The number of primary amides is 1. The van der Waals surface area contributed by atoms with Crippen molar-refractivity contribution in [3.8, 4) is 0 Å². The lowest BCUT2D eigenvalue weighted by Crippen LogP contribution is -2.39. The molecule has 2 aromatic rings. The molecule has 3 amide bonds. The van der Waals surface area contributed by atoms with Gasteiger partial charge < -0.3 is 16.4 Å². The van der Waals surface area contributed by atoms with Gasteiger partial charge in [0, 0.05) is 24.6 Å². The molecule has 0 aliphatic rings. The summed E-state index contributed by atoms with van der Waals surface area (Å²) in [6.45, 7) is 0.0869. The zero-order valence-corrected chi connectivity index (χ0v) is 12.3. The van der Waals surface area contributed by atoms with E-state index in [4.69, 9.17) is 5.73 Å². The fourth-order valence-electron chi connectivity index (χ4n) is 2.00. The number of hydrogen-bond donors (Lipinski definition) is 3. The molecule has 7 heteroatoms. The van der Waals surface area contributed by atoms with Crippen molar-refractivity contribution >= 4 is 17.6 Å². The summed E-state index contributed by atoms with van der Waals surface area (Å²) in [7, 11) is 0. The molecule has 2 rings (SSSR count). The standard InChI is InChI=1S/C16H17FN4O2/c17-13-3-1-11(2-4-13)9-12(15(18)22)10-20-16(23)21-14-5-7-19-8-6-14/h1-8,12H,9-10H2,(H2,18,22)(H2,19,20,21,23).